The van der Waals surface area contributed by atoms with Gasteiger partial charge in [0.15, 0.2) is 5.13 Å². The Hall–Kier alpha value is -1.46. The van der Waals surface area contributed by atoms with E-state index < -0.39 is 0 Å². The van der Waals surface area contributed by atoms with Crippen molar-refractivity contribution < 1.29 is 9.53 Å². The number of nitrogens with zero attached hydrogens (tertiary/aromatic N) is 2. The van der Waals surface area contributed by atoms with Crippen molar-refractivity contribution in [3.05, 3.63) is 23.8 Å². The molecule has 0 spiro atoms. The van der Waals surface area contributed by atoms with Gasteiger partial charge in [-0.25, -0.2) is 4.98 Å². The van der Waals surface area contributed by atoms with Gasteiger partial charge in [-0.3, -0.25) is 9.69 Å². The number of benzene rings is 1. The first-order valence-corrected chi connectivity index (χ1v) is 8.28. The van der Waals surface area contributed by atoms with E-state index in [4.69, 9.17) is 4.74 Å². The molecule has 0 aliphatic carbocycles. The largest absolute Gasteiger partial charge is 0.376 e. The molecule has 1 amide bonds. The van der Waals surface area contributed by atoms with Crippen LogP contribution < -0.4 is 4.90 Å². The third kappa shape index (κ3) is 3.09. The number of carbonyl (C=O) groups excluding carboxylic acids is 1. The highest BCUT2D eigenvalue weighted by atomic mass is 32.1. The van der Waals surface area contributed by atoms with Crippen LogP contribution in [0.3, 0.4) is 0 Å². The number of fused-ring (bicyclic) bond motifs is 1. The lowest BCUT2D eigenvalue weighted by Crippen LogP contribution is -2.35. The van der Waals surface area contributed by atoms with Gasteiger partial charge < -0.3 is 4.74 Å². The maximum absolute atomic E-state index is 12.0. The summed E-state index contributed by atoms with van der Waals surface area (Å²) in [6.45, 7) is 5.15. The zero-order valence-electron chi connectivity index (χ0n) is 12.5. The van der Waals surface area contributed by atoms with Gasteiger partial charge in [-0.1, -0.05) is 24.3 Å². The predicted molar refractivity (Wildman–Crippen MR) is 86.0 cm³/mol. The van der Waals surface area contributed by atoms with E-state index in [1.54, 1.807) is 23.2 Å². The molecule has 112 valence electrons. The summed E-state index contributed by atoms with van der Waals surface area (Å²) < 4.78 is 6.79. The summed E-state index contributed by atoms with van der Waals surface area (Å²) in [5, 5.41) is 0.779. The molecule has 0 saturated carbocycles. The van der Waals surface area contributed by atoms with E-state index in [0.29, 0.717) is 6.54 Å². The van der Waals surface area contributed by atoms with Gasteiger partial charge in [-0.15, -0.1) is 0 Å². The van der Waals surface area contributed by atoms with Crippen LogP contribution >= 0.6 is 11.3 Å². The van der Waals surface area contributed by atoms with Crippen LogP contribution in [0.4, 0.5) is 5.13 Å². The predicted octanol–water partition coefficient (Wildman–Crippen LogP) is 3.39. The molecular formula is C16H20N2O2S. The highest BCUT2D eigenvalue weighted by molar-refractivity contribution is 7.22. The molecule has 0 radical (unpaired) electrons. The molecule has 0 bridgehead atoms. The van der Waals surface area contributed by atoms with Crippen LogP contribution in [0.2, 0.25) is 0 Å². The van der Waals surface area contributed by atoms with E-state index in [9.17, 15) is 4.79 Å². The molecule has 4 nitrogen and oxygen atoms in total. The molecule has 1 aromatic carbocycles. The fourth-order valence-electron chi connectivity index (χ4n) is 2.63. The molecule has 1 unspecified atom stereocenters. The van der Waals surface area contributed by atoms with E-state index >= 15 is 0 Å². The SMILES string of the molecule is CCc1ccc2nc(N(CC3CCCO3)C(C)=O)sc2c1. The Kier molecular flexibility index (Phi) is 4.22. The van der Waals surface area contributed by atoms with Crippen molar-refractivity contribution in [2.75, 3.05) is 18.1 Å². The second-order valence-corrected chi connectivity index (χ2v) is 6.43. The van der Waals surface area contributed by atoms with Gasteiger partial charge in [-0.05, 0) is 37.0 Å². The highest BCUT2D eigenvalue weighted by Gasteiger charge is 2.24. The molecular weight excluding hydrogens is 284 g/mol. The quantitative estimate of drug-likeness (QED) is 0.869. The topological polar surface area (TPSA) is 42.4 Å². The van der Waals surface area contributed by atoms with E-state index in [1.165, 1.54) is 5.56 Å². The number of anilines is 1. The lowest BCUT2D eigenvalue weighted by Gasteiger charge is -2.21. The van der Waals surface area contributed by atoms with Crippen LogP contribution in [0.25, 0.3) is 10.2 Å². The van der Waals surface area contributed by atoms with E-state index in [0.717, 1.165) is 41.2 Å². The molecule has 1 atom stereocenters. The minimum atomic E-state index is 0.0280. The zero-order chi connectivity index (χ0) is 14.8. The van der Waals surface area contributed by atoms with Crippen molar-refractivity contribution in [3.63, 3.8) is 0 Å². The van der Waals surface area contributed by atoms with Gasteiger partial charge in [0.05, 0.1) is 22.9 Å². The minimum absolute atomic E-state index is 0.0280. The van der Waals surface area contributed by atoms with E-state index in [1.807, 2.05) is 6.07 Å². The van der Waals surface area contributed by atoms with E-state index in [-0.39, 0.29) is 12.0 Å². The lowest BCUT2D eigenvalue weighted by molar-refractivity contribution is -0.116. The fourth-order valence-corrected chi connectivity index (χ4v) is 3.71. The Labute approximate surface area is 128 Å². The van der Waals surface area contributed by atoms with Gasteiger partial charge in [0, 0.05) is 13.5 Å². The van der Waals surface area contributed by atoms with Crippen molar-refractivity contribution in [2.45, 2.75) is 39.2 Å². The Morgan fingerprint density at radius 1 is 1.52 bits per heavy atom. The second-order valence-electron chi connectivity index (χ2n) is 5.42. The molecule has 5 heteroatoms. The van der Waals surface area contributed by atoms with Crippen LogP contribution in [0.15, 0.2) is 18.2 Å². The van der Waals surface area contributed by atoms with Gasteiger partial charge in [0.2, 0.25) is 5.91 Å². The average Bonchev–Trinajstić information content (AvgIpc) is 3.12. The van der Waals surface area contributed by atoms with Gasteiger partial charge in [-0.2, -0.15) is 0 Å². The standard InChI is InChI=1S/C16H20N2O2S/c1-3-12-6-7-14-15(9-12)21-16(17-14)18(11(2)19)10-13-5-4-8-20-13/h6-7,9,13H,3-5,8,10H2,1-2H3. The Morgan fingerprint density at radius 3 is 3.05 bits per heavy atom. The maximum atomic E-state index is 12.0. The summed E-state index contributed by atoms with van der Waals surface area (Å²) in [5.41, 5.74) is 2.26. The van der Waals surface area contributed by atoms with Crippen molar-refractivity contribution in [2.24, 2.45) is 0 Å². The minimum Gasteiger partial charge on any atom is -0.376 e. The number of rotatable bonds is 4. The smallest absolute Gasteiger partial charge is 0.225 e. The Balaban J connectivity index is 1.89. The van der Waals surface area contributed by atoms with E-state index in [2.05, 4.69) is 24.0 Å². The number of hydrogen-bond donors (Lipinski definition) is 0. The first-order valence-electron chi connectivity index (χ1n) is 7.46. The zero-order valence-corrected chi connectivity index (χ0v) is 13.3. The Morgan fingerprint density at radius 2 is 2.38 bits per heavy atom. The van der Waals surface area contributed by atoms with Crippen LogP contribution in [0.5, 0.6) is 0 Å². The lowest BCUT2D eigenvalue weighted by atomic mass is 10.2. The van der Waals surface area contributed by atoms with Crippen molar-refractivity contribution in [3.8, 4) is 0 Å². The van der Waals surface area contributed by atoms with Gasteiger partial charge in [0.1, 0.15) is 0 Å². The van der Waals surface area contributed by atoms with Crippen molar-refractivity contribution in [1.82, 2.24) is 4.98 Å². The van der Waals surface area contributed by atoms with Crippen LogP contribution in [0, 0.1) is 0 Å². The van der Waals surface area contributed by atoms with Gasteiger partial charge in [0.25, 0.3) is 0 Å². The summed E-state index contributed by atoms with van der Waals surface area (Å²) in [4.78, 5) is 18.3. The summed E-state index contributed by atoms with van der Waals surface area (Å²) in [6, 6.07) is 6.31. The number of aromatic nitrogens is 1. The van der Waals surface area contributed by atoms with Crippen LogP contribution in [-0.2, 0) is 16.0 Å². The third-order valence-corrected chi connectivity index (χ3v) is 4.91. The summed E-state index contributed by atoms with van der Waals surface area (Å²) >= 11 is 1.59. The molecule has 2 heterocycles. The van der Waals surface area contributed by atoms with Crippen molar-refractivity contribution in [1.29, 1.82) is 0 Å². The molecule has 1 fully saturated rings. The monoisotopic (exact) mass is 304 g/mol. The number of thiazole rings is 1. The number of hydrogen-bond acceptors (Lipinski definition) is 4. The maximum Gasteiger partial charge on any atom is 0.225 e. The number of amides is 1. The summed E-state index contributed by atoms with van der Waals surface area (Å²) in [5.74, 6) is 0.0280. The molecule has 1 aliphatic heterocycles. The van der Waals surface area contributed by atoms with Crippen molar-refractivity contribution >= 4 is 32.6 Å². The molecule has 3 rings (SSSR count). The molecule has 0 N–H and O–H groups in total. The molecule has 1 aliphatic rings. The number of aryl methyl sites for hydroxylation is 1. The third-order valence-electron chi connectivity index (χ3n) is 3.87. The number of carbonyl (C=O) groups is 1. The molecule has 2 aromatic rings. The summed E-state index contributed by atoms with van der Waals surface area (Å²) in [7, 11) is 0. The number of ether oxygens (including phenoxy) is 1. The molecule has 21 heavy (non-hydrogen) atoms. The second kappa shape index (κ2) is 6.12. The average molecular weight is 304 g/mol. The normalized spacial score (nSPS) is 18.3. The first-order chi connectivity index (χ1) is 10.2. The van der Waals surface area contributed by atoms with Crippen LogP contribution in [-0.4, -0.2) is 30.1 Å². The molecule has 1 aromatic heterocycles. The molecule has 1 saturated heterocycles. The first kappa shape index (κ1) is 14.5. The van der Waals surface area contributed by atoms with Gasteiger partial charge >= 0.3 is 0 Å². The fraction of sp³-hybridized carbons (Fsp3) is 0.500. The Bertz CT molecular complexity index is 647. The van der Waals surface area contributed by atoms with Crippen LogP contribution in [0.1, 0.15) is 32.3 Å². The summed E-state index contributed by atoms with van der Waals surface area (Å²) in [6.07, 6.45) is 3.26. The highest BCUT2D eigenvalue weighted by Crippen LogP contribution is 2.30.